The first-order chi connectivity index (χ1) is 20.8. The fourth-order valence-corrected chi connectivity index (χ4v) is 6.39. The van der Waals surface area contributed by atoms with Gasteiger partial charge < -0.3 is 14.7 Å². The minimum atomic E-state index is -4.65. The molecule has 1 fully saturated rings. The molecule has 5 heterocycles. The summed E-state index contributed by atoms with van der Waals surface area (Å²) in [5.41, 5.74) is 1.41. The van der Waals surface area contributed by atoms with E-state index in [2.05, 4.69) is 16.7 Å². The molecule has 1 saturated heterocycles. The highest BCUT2D eigenvalue weighted by Gasteiger charge is 2.49. The van der Waals surface area contributed by atoms with Crippen LogP contribution in [-0.2, 0) is 40.2 Å². The second-order valence-corrected chi connectivity index (χ2v) is 11.4. The molecule has 3 aliphatic rings. The standard InChI is InChI=1S/C30H31F3N8O3/c1-5-25(42)38-9-10-40-24(16-38)35-22(36-40)15-39-14-19-12-26(43)41(23-13-20(30(31,32)33)11-18(3)34-23)28(19)29(44)37(4)21-8-6-7-17(2)27(21)39/h5-8,11,13,19,28H,1,9-10,12,14-16H2,2-4H3/t19-,28+/m1/s1. The maximum Gasteiger partial charge on any atom is 0.416 e. The molecule has 6 rings (SSSR count). The topological polar surface area (TPSA) is 108 Å². The van der Waals surface area contributed by atoms with E-state index in [4.69, 9.17) is 4.98 Å². The van der Waals surface area contributed by atoms with Crippen molar-refractivity contribution in [3.05, 3.63) is 71.5 Å². The molecule has 0 saturated carbocycles. The molecule has 0 N–H and O–H groups in total. The van der Waals surface area contributed by atoms with Gasteiger partial charge in [0.05, 0.1) is 36.6 Å². The van der Waals surface area contributed by atoms with Crippen LogP contribution >= 0.6 is 0 Å². The highest BCUT2D eigenvalue weighted by Crippen LogP contribution is 2.42. The largest absolute Gasteiger partial charge is 0.416 e. The molecule has 230 valence electrons. The van der Waals surface area contributed by atoms with Gasteiger partial charge in [0.1, 0.15) is 17.7 Å². The molecule has 1 aromatic carbocycles. The third-order valence-electron chi connectivity index (χ3n) is 8.40. The van der Waals surface area contributed by atoms with Crippen molar-refractivity contribution in [1.29, 1.82) is 0 Å². The summed E-state index contributed by atoms with van der Waals surface area (Å²) < 4.78 is 42.9. The highest BCUT2D eigenvalue weighted by molar-refractivity contribution is 6.10. The van der Waals surface area contributed by atoms with E-state index in [-0.39, 0.29) is 36.9 Å². The van der Waals surface area contributed by atoms with Gasteiger partial charge in [-0.2, -0.15) is 18.3 Å². The summed E-state index contributed by atoms with van der Waals surface area (Å²) in [5.74, 6) is -0.685. The van der Waals surface area contributed by atoms with E-state index < -0.39 is 35.5 Å². The number of hydrogen-bond acceptors (Lipinski definition) is 7. The summed E-state index contributed by atoms with van der Waals surface area (Å²) in [6.45, 7) is 8.64. The van der Waals surface area contributed by atoms with Crippen molar-refractivity contribution in [3.8, 4) is 0 Å². The molecule has 0 radical (unpaired) electrons. The fourth-order valence-electron chi connectivity index (χ4n) is 6.39. The van der Waals surface area contributed by atoms with Crippen molar-refractivity contribution < 1.29 is 27.6 Å². The van der Waals surface area contributed by atoms with Gasteiger partial charge in [0.2, 0.25) is 17.7 Å². The van der Waals surface area contributed by atoms with E-state index in [1.54, 1.807) is 22.7 Å². The smallest absolute Gasteiger partial charge is 0.362 e. The average molecular weight is 609 g/mol. The molecule has 44 heavy (non-hydrogen) atoms. The SMILES string of the molecule is C=CC(=O)N1CCn2nc(CN3C[C@H]4CC(=O)N(c5cc(C(F)(F)F)cc(C)n5)[C@@H]4C(=O)N(C)c4cccc(C)c43)nc2C1. The Morgan fingerprint density at radius 1 is 1.14 bits per heavy atom. The number of hydrogen-bond donors (Lipinski definition) is 0. The number of rotatable bonds is 4. The fraction of sp³-hybridized carbons (Fsp3) is 0.400. The molecule has 14 heteroatoms. The second-order valence-electron chi connectivity index (χ2n) is 11.4. The molecule has 3 aromatic rings. The number of carbonyl (C=O) groups excluding carboxylic acids is 3. The Bertz CT molecular complexity index is 1690. The van der Waals surface area contributed by atoms with Gasteiger partial charge in [-0.15, -0.1) is 0 Å². The van der Waals surface area contributed by atoms with Crippen molar-refractivity contribution in [2.45, 2.75) is 52.1 Å². The number of aromatic nitrogens is 4. The summed E-state index contributed by atoms with van der Waals surface area (Å²) >= 11 is 0. The quantitative estimate of drug-likeness (QED) is 0.419. The van der Waals surface area contributed by atoms with Gasteiger partial charge in [0.15, 0.2) is 5.82 Å². The van der Waals surface area contributed by atoms with Gasteiger partial charge in [0.25, 0.3) is 0 Å². The van der Waals surface area contributed by atoms with Gasteiger partial charge in [-0.3, -0.25) is 19.3 Å². The number of likely N-dealkylation sites (N-methyl/N-ethyl adjacent to an activating group) is 1. The zero-order valence-corrected chi connectivity index (χ0v) is 24.5. The Hall–Kier alpha value is -4.75. The van der Waals surface area contributed by atoms with Crippen LogP contribution in [0.2, 0.25) is 0 Å². The average Bonchev–Trinajstić information content (AvgIpc) is 3.53. The van der Waals surface area contributed by atoms with Crippen LogP contribution in [0.15, 0.2) is 43.0 Å². The van der Waals surface area contributed by atoms with E-state index in [1.165, 1.54) is 17.9 Å². The van der Waals surface area contributed by atoms with Crippen molar-refractivity contribution in [2.75, 3.05) is 34.8 Å². The summed E-state index contributed by atoms with van der Waals surface area (Å²) in [5, 5.41) is 4.69. The van der Waals surface area contributed by atoms with Gasteiger partial charge in [0, 0.05) is 38.2 Å². The molecule has 0 unspecified atom stereocenters. The first-order valence-electron chi connectivity index (χ1n) is 14.2. The Balaban J connectivity index is 1.39. The Morgan fingerprint density at radius 3 is 2.64 bits per heavy atom. The zero-order chi connectivity index (χ0) is 31.5. The van der Waals surface area contributed by atoms with Crippen LogP contribution in [0.25, 0.3) is 0 Å². The van der Waals surface area contributed by atoms with Crippen LogP contribution in [0.5, 0.6) is 0 Å². The number of amides is 3. The Morgan fingerprint density at radius 2 is 1.91 bits per heavy atom. The second kappa shape index (κ2) is 10.8. The minimum Gasteiger partial charge on any atom is -0.362 e. The van der Waals surface area contributed by atoms with E-state index in [9.17, 15) is 27.6 Å². The maximum atomic E-state index is 14.1. The van der Waals surface area contributed by atoms with E-state index in [0.717, 1.165) is 28.3 Å². The van der Waals surface area contributed by atoms with Crippen LogP contribution < -0.4 is 14.7 Å². The van der Waals surface area contributed by atoms with Gasteiger partial charge >= 0.3 is 6.18 Å². The number of nitrogens with zero attached hydrogens (tertiary/aromatic N) is 8. The van der Waals surface area contributed by atoms with Gasteiger partial charge in [-0.1, -0.05) is 18.7 Å². The number of halogens is 3. The molecule has 3 amide bonds. The predicted molar refractivity (Wildman–Crippen MR) is 155 cm³/mol. The lowest BCUT2D eigenvalue weighted by Gasteiger charge is -2.39. The lowest BCUT2D eigenvalue weighted by Crippen LogP contribution is -2.52. The molecule has 2 aromatic heterocycles. The number of alkyl halides is 3. The van der Waals surface area contributed by atoms with Crippen molar-refractivity contribution >= 4 is 34.9 Å². The van der Waals surface area contributed by atoms with Crippen molar-refractivity contribution in [3.63, 3.8) is 0 Å². The number of benzene rings is 1. The number of para-hydroxylation sites is 1. The summed E-state index contributed by atoms with van der Waals surface area (Å²) in [7, 11) is 1.60. The number of pyridine rings is 1. The predicted octanol–water partition coefficient (Wildman–Crippen LogP) is 3.24. The van der Waals surface area contributed by atoms with Crippen LogP contribution in [0.3, 0.4) is 0 Å². The van der Waals surface area contributed by atoms with E-state index >= 15 is 0 Å². The van der Waals surface area contributed by atoms with E-state index in [1.807, 2.05) is 24.0 Å². The normalized spacial score (nSPS) is 20.2. The molecule has 2 atom stereocenters. The third-order valence-corrected chi connectivity index (χ3v) is 8.40. The minimum absolute atomic E-state index is 0.0509. The third kappa shape index (κ3) is 5.07. The molecule has 11 nitrogen and oxygen atoms in total. The molecule has 0 spiro atoms. The van der Waals surface area contributed by atoms with Crippen LogP contribution in [-0.4, -0.2) is 68.5 Å². The van der Waals surface area contributed by atoms with Crippen molar-refractivity contribution in [1.82, 2.24) is 24.6 Å². The zero-order valence-electron chi connectivity index (χ0n) is 24.5. The van der Waals surface area contributed by atoms with Gasteiger partial charge in [-0.25, -0.2) is 14.6 Å². The Labute approximate surface area is 251 Å². The first-order valence-corrected chi connectivity index (χ1v) is 14.2. The number of carbonyl (C=O) groups is 3. The van der Waals surface area contributed by atoms with Crippen LogP contribution in [0.4, 0.5) is 30.4 Å². The number of fused-ring (bicyclic) bond motifs is 3. The number of anilines is 3. The van der Waals surface area contributed by atoms with Crippen LogP contribution in [0, 0.1) is 19.8 Å². The molecular formula is C30H31F3N8O3. The molecule has 0 aliphatic carbocycles. The number of aryl methyl sites for hydroxylation is 2. The molecular weight excluding hydrogens is 577 g/mol. The molecule has 0 bridgehead atoms. The van der Waals surface area contributed by atoms with E-state index in [0.29, 0.717) is 37.0 Å². The summed E-state index contributed by atoms with van der Waals surface area (Å²) in [6.07, 6.45) is -3.43. The summed E-state index contributed by atoms with van der Waals surface area (Å²) in [4.78, 5) is 54.9. The highest BCUT2D eigenvalue weighted by atomic mass is 19.4. The van der Waals surface area contributed by atoms with Gasteiger partial charge in [-0.05, 0) is 43.7 Å². The summed E-state index contributed by atoms with van der Waals surface area (Å²) in [6, 6.07) is 6.22. The van der Waals surface area contributed by atoms with Crippen LogP contribution in [0.1, 0.15) is 34.9 Å². The Kier molecular flexibility index (Phi) is 7.17. The first kappa shape index (κ1) is 29.3. The molecule has 3 aliphatic heterocycles. The lowest BCUT2D eigenvalue weighted by molar-refractivity contribution is -0.137. The van der Waals surface area contributed by atoms with Crippen molar-refractivity contribution in [2.24, 2.45) is 5.92 Å². The lowest BCUT2D eigenvalue weighted by atomic mass is 9.95. The maximum absolute atomic E-state index is 14.1. The monoisotopic (exact) mass is 608 g/mol.